The molecule has 0 aromatic carbocycles. The van der Waals surface area contributed by atoms with Crippen molar-refractivity contribution in [2.45, 2.75) is 66.2 Å². The van der Waals surface area contributed by atoms with Crippen molar-refractivity contribution in [2.24, 2.45) is 5.41 Å². The van der Waals surface area contributed by atoms with E-state index in [9.17, 15) is 0 Å². The van der Waals surface area contributed by atoms with Gasteiger partial charge in [0.1, 0.15) is 0 Å². The van der Waals surface area contributed by atoms with Gasteiger partial charge in [0.2, 0.25) is 0 Å². The van der Waals surface area contributed by atoms with E-state index >= 15 is 0 Å². The summed E-state index contributed by atoms with van der Waals surface area (Å²) in [5, 5.41) is 1.41. The van der Waals surface area contributed by atoms with Gasteiger partial charge >= 0.3 is 0 Å². The van der Waals surface area contributed by atoms with Gasteiger partial charge in [-0.25, -0.2) is 0 Å². The summed E-state index contributed by atoms with van der Waals surface area (Å²) in [6.45, 7) is 13.9. The third-order valence-electron chi connectivity index (χ3n) is 4.88. The highest BCUT2D eigenvalue weighted by molar-refractivity contribution is 7.10. The Bertz CT molecular complexity index is 616. The molecule has 0 bridgehead atoms. The van der Waals surface area contributed by atoms with Crippen LogP contribution >= 0.6 is 11.3 Å². The van der Waals surface area contributed by atoms with E-state index in [1.54, 1.807) is 4.88 Å². The summed E-state index contributed by atoms with van der Waals surface area (Å²) in [4.78, 5) is 1.55. The molecule has 0 spiro atoms. The average Bonchev–Trinajstić information content (AvgIpc) is 2.70. The van der Waals surface area contributed by atoms with Crippen molar-refractivity contribution in [3.8, 4) is 0 Å². The molecule has 0 nitrogen and oxygen atoms in total. The lowest BCUT2D eigenvalue weighted by molar-refractivity contribution is 0.448. The second-order valence-corrected chi connectivity index (χ2v) is 8.30. The molecule has 20 heavy (non-hydrogen) atoms. The highest BCUT2D eigenvalue weighted by atomic mass is 32.1. The van der Waals surface area contributed by atoms with Gasteiger partial charge < -0.3 is 0 Å². The molecule has 0 fully saturated rings. The van der Waals surface area contributed by atoms with Crippen molar-refractivity contribution in [1.82, 2.24) is 0 Å². The van der Waals surface area contributed by atoms with Gasteiger partial charge in [0.05, 0.1) is 0 Å². The zero-order valence-electron chi connectivity index (χ0n) is 13.8. The van der Waals surface area contributed by atoms with Crippen molar-refractivity contribution < 1.29 is 0 Å². The largest absolute Gasteiger partial charge is 0.140 e. The van der Waals surface area contributed by atoms with E-state index in [4.69, 9.17) is 0 Å². The van der Waals surface area contributed by atoms with E-state index in [0.29, 0.717) is 5.41 Å². The molecule has 1 aliphatic rings. The van der Waals surface area contributed by atoms with Gasteiger partial charge in [-0.15, -0.1) is 11.3 Å². The Balaban J connectivity index is 2.48. The van der Waals surface area contributed by atoms with Crippen molar-refractivity contribution in [2.75, 3.05) is 0 Å². The van der Waals surface area contributed by atoms with Gasteiger partial charge in [0.25, 0.3) is 0 Å². The third-order valence-corrected chi connectivity index (χ3v) is 6.33. The summed E-state index contributed by atoms with van der Waals surface area (Å²) in [6, 6.07) is 2.42. The van der Waals surface area contributed by atoms with Gasteiger partial charge in [-0.3, -0.25) is 0 Å². The molecule has 0 amide bonds. The number of fused-ring (bicyclic) bond motifs is 1. The fraction of sp³-hybridized carbons (Fsp3) is 0.579. The molecule has 2 rings (SSSR count). The molecule has 0 saturated carbocycles. The number of hydrogen-bond donors (Lipinski definition) is 0. The molecule has 110 valence electrons. The van der Waals surface area contributed by atoms with Crippen LogP contribution < -0.4 is 9.75 Å². The van der Waals surface area contributed by atoms with Gasteiger partial charge in [0.15, 0.2) is 0 Å². The minimum absolute atomic E-state index is 0.269. The summed E-state index contributed by atoms with van der Waals surface area (Å²) in [5.74, 6) is 0. The minimum Gasteiger partial charge on any atom is -0.140 e. The number of hydrogen-bond acceptors (Lipinski definition) is 1. The predicted molar refractivity (Wildman–Crippen MR) is 92.6 cm³/mol. The average molecular weight is 288 g/mol. The summed E-state index contributed by atoms with van der Waals surface area (Å²) >= 11 is 2.00. The van der Waals surface area contributed by atoms with Gasteiger partial charge in [-0.1, -0.05) is 65.3 Å². The molecule has 0 radical (unpaired) electrons. The zero-order valence-corrected chi connectivity index (χ0v) is 14.7. The maximum absolute atomic E-state index is 2.43. The Morgan fingerprint density at radius 1 is 1.05 bits per heavy atom. The quantitative estimate of drug-likeness (QED) is 0.752. The van der Waals surface area contributed by atoms with E-state index in [0.717, 1.165) is 6.42 Å². The van der Waals surface area contributed by atoms with E-state index < -0.39 is 0 Å². The van der Waals surface area contributed by atoms with Crippen molar-refractivity contribution >= 4 is 23.5 Å². The van der Waals surface area contributed by atoms with Gasteiger partial charge in [-0.05, 0) is 36.0 Å². The van der Waals surface area contributed by atoms with Crippen molar-refractivity contribution in [1.29, 1.82) is 0 Å². The van der Waals surface area contributed by atoms with Crippen LogP contribution in [0.4, 0.5) is 0 Å². The first-order valence-corrected chi connectivity index (χ1v) is 8.63. The fourth-order valence-electron chi connectivity index (χ4n) is 2.62. The molecule has 1 aliphatic carbocycles. The molecule has 1 heteroatoms. The fourth-order valence-corrected chi connectivity index (χ4v) is 3.99. The molecule has 0 N–H and O–H groups in total. The first-order valence-electron chi connectivity index (χ1n) is 7.82. The Morgan fingerprint density at radius 2 is 1.70 bits per heavy atom. The lowest BCUT2D eigenvalue weighted by Gasteiger charge is -2.25. The number of thiophene rings is 1. The Hall–Kier alpha value is -0.820. The molecule has 1 aromatic heterocycles. The maximum atomic E-state index is 2.43. The molecule has 1 heterocycles. The van der Waals surface area contributed by atoms with E-state index in [2.05, 4.69) is 65.8 Å². The lowest BCUT2D eigenvalue weighted by atomic mass is 9.83. The second kappa shape index (κ2) is 5.52. The highest BCUT2D eigenvalue weighted by Crippen LogP contribution is 2.33. The second-order valence-electron chi connectivity index (χ2n) is 7.21. The maximum Gasteiger partial charge on any atom is 0.0309 e. The predicted octanol–water partition coefficient (Wildman–Crippen LogP) is 4.76. The standard InChI is InChI=1S/C19H28S/c1-7-19(6,8-2)17-13-14-9-10-15(18(3,4)5)11-12-16(14)20-17/h9-10,12-13H,7-8,11H2,1-6H3. The summed E-state index contributed by atoms with van der Waals surface area (Å²) in [6.07, 6.45) is 10.6. The van der Waals surface area contributed by atoms with Crippen LogP contribution in [0.3, 0.4) is 0 Å². The zero-order chi connectivity index (χ0) is 15.0. The first-order chi connectivity index (χ1) is 9.30. The molecular formula is C19H28S. The van der Waals surface area contributed by atoms with Crippen LogP contribution in [0.5, 0.6) is 0 Å². The minimum atomic E-state index is 0.269. The SMILES string of the molecule is CCC(C)(CC)c1cc2c(s1)=CCC(C(C)(C)C)=CC=2. The smallest absolute Gasteiger partial charge is 0.0309 e. The number of allylic oxidation sites excluding steroid dienone is 2. The monoisotopic (exact) mass is 288 g/mol. The van der Waals surface area contributed by atoms with Crippen LogP contribution in [0.25, 0.3) is 12.2 Å². The molecule has 0 unspecified atom stereocenters. The van der Waals surface area contributed by atoms with Crippen LogP contribution in [0.15, 0.2) is 17.7 Å². The molecule has 0 saturated heterocycles. The highest BCUT2D eigenvalue weighted by Gasteiger charge is 2.24. The molecular weight excluding hydrogens is 260 g/mol. The van der Waals surface area contributed by atoms with Crippen LogP contribution in [0, 0.1) is 5.41 Å². The van der Waals surface area contributed by atoms with Crippen LogP contribution in [-0.2, 0) is 5.41 Å². The summed E-state index contributed by atoms with van der Waals surface area (Å²) in [5.41, 5.74) is 2.14. The summed E-state index contributed by atoms with van der Waals surface area (Å²) < 4.78 is 1.46. The van der Waals surface area contributed by atoms with E-state index in [1.165, 1.54) is 28.2 Å². The molecule has 1 aromatic rings. The normalized spacial score (nSPS) is 15.8. The first kappa shape index (κ1) is 15.6. The van der Waals surface area contributed by atoms with Gasteiger partial charge in [0, 0.05) is 14.8 Å². The van der Waals surface area contributed by atoms with Crippen molar-refractivity contribution in [3.05, 3.63) is 32.3 Å². The van der Waals surface area contributed by atoms with Crippen LogP contribution in [0.2, 0.25) is 0 Å². The summed E-state index contributed by atoms with van der Waals surface area (Å²) in [7, 11) is 0. The molecule has 0 aliphatic heterocycles. The van der Waals surface area contributed by atoms with E-state index in [1.807, 2.05) is 11.3 Å². The van der Waals surface area contributed by atoms with E-state index in [-0.39, 0.29) is 5.41 Å². The Kier molecular flexibility index (Phi) is 4.30. The third kappa shape index (κ3) is 2.93. The lowest BCUT2D eigenvalue weighted by Crippen LogP contribution is -2.18. The van der Waals surface area contributed by atoms with Crippen molar-refractivity contribution in [3.63, 3.8) is 0 Å². The van der Waals surface area contributed by atoms with Gasteiger partial charge in [-0.2, -0.15) is 0 Å². The Morgan fingerprint density at radius 3 is 2.25 bits per heavy atom. The van der Waals surface area contributed by atoms with Crippen LogP contribution in [-0.4, -0.2) is 0 Å². The van der Waals surface area contributed by atoms with Crippen LogP contribution in [0.1, 0.15) is 65.7 Å². The number of rotatable bonds is 3. The Labute approximate surface area is 127 Å². The molecule has 0 atom stereocenters. The topological polar surface area (TPSA) is 0 Å².